The van der Waals surface area contributed by atoms with Crippen LogP contribution in [0.25, 0.3) is 0 Å². The van der Waals surface area contributed by atoms with Crippen LogP contribution in [0.5, 0.6) is 0 Å². The third-order valence-corrected chi connectivity index (χ3v) is 6.25. The third kappa shape index (κ3) is 4.16. The average molecular weight is 347 g/mol. The highest BCUT2D eigenvalue weighted by Crippen LogP contribution is 2.41. The second kappa shape index (κ2) is 6.74. The molecule has 2 aliphatic rings. The van der Waals surface area contributed by atoms with E-state index >= 15 is 0 Å². The molecule has 4 heteroatoms. The van der Waals surface area contributed by atoms with Crippen molar-refractivity contribution in [2.75, 3.05) is 19.7 Å². The van der Waals surface area contributed by atoms with Gasteiger partial charge in [-0.1, -0.05) is 32.9 Å². The highest BCUT2D eigenvalue weighted by Gasteiger charge is 2.38. The van der Waals surface area contributed by atoms with Crippen molar-refractivity contribution in [3.8, 4) is 0 Å². The minimum absolute atomic E-state index is 0.0106. The molecular formula is C20H30N2OS. The molecule has 2 heterocycles. The van der Waals surface area contributed by atoms with Crippen LogP contribution in [0.2, 0.25) is 0 Å². The van der Waals surface area contributed by atoms with Gasteiger partial charge in [0.05, 0.1) is 6.61 Å². The molecule has 2 N–H and O–H groups in total. The van der Waals surface area contributed by atoms with Crippen LogP contribution < -0.4 is 5.32 Å². The molecule has 1 aromatic carbocycles. The Morgan fingerprint density at radius 2 is 1.92 bits per heavy atom. The van der Waals surface area contributed by atoms with E-state index in [0.29, 0.717) is 0 Å². The van der Waals surface area contributed by atoms with Gasteiger partial charge in [0, 0.05) is 34.8 Å². The van der Waals surface area contributed by atoms with Gasteiger partial charge in [0.1, 0.15) is 0 Å². The number of rotatable bonds is 5. The quantitative estimate of drug-likeness (QED) is 0.781. The van der Waals surface area contributed by atoms with Crippen LogP contribution in [0, 0.1) is 5.41 Å². The maximum Gasteiger partial charge on any atom is 0.0503 e. The van der Waals surface area contributed by atoms with Gasteiger partial charge in [0.2, 0.25) is 0 Å². The van der Waals surface area contributed by atoms with E-state index in [-0.39, 0.29) is 17.4 Å². The summed E-state index contributed by atoms with van der Waals surface area (Å²) in [5.74, 6) is 0. The highest BCUT2D eigenvalue weighted by molar-refractivity contribution is 7.97. The Balaban J connectivity index is 1.64. The molecule has 132 valence electrons. The molecule has 0 bridgehead atoms. The van der Waals surface area contributed by atoms with Crippen LogP contribution in [-0.2, 0) is 5.41 Å². The lowest BCUT2D eigenvalue weighted by atomic mass is 9.78. The first-order chi connectivity index (χ1) is 11.3. The van der Waals surface area contributed by atoms with E-state index in [4.69, 9.17) is 0 Å². The van der Waals surface area contributed by atoms with Gasteiger partial charge in [-0.3, -0.25) is 0 Å². The van der Waals surface area contributed by atoms with E-state index in [1.807, 2.05) is 11.9 Å². The Morgan fingerprint density at radius 1 is 1.25 bits per heavy atom. The molecule has 0 saturated carbocycles. The van der Waals surface area contributed by atoms with E-state index in [1.54, 1.807) is 0 Å². The number of allylic oxidation sites excluding steroid dienone is 2. The molecule has 0 radical (unpaired) electrons. The molecule has 0 aliphatic carbocycles. The monoisotopic (exact) mass is 346 g/mol. The maximum absolute atomic E-state index is 10.0. The van der Waals surface area contributed by atoms with Crippen molar-refractivity contribution in [2.45, 2.75) is 57.3 Å². The lowest BCUT2D eigenvalue weighted by Crippen LogP contribution is -2.42. The van der Waals surface area contributed by atoms with Crippen molar-refractivity contribution in [2.24, 2.45) is 5.41 Å². The molecule has 1 saturated heterocycles. The maximum atomic E-state index is 10.0. The van der Waals surface area contributed by atoms with Gasteiger partial charge in [-0.05, 0) is 61.2 Å². The number of aliphatic hydroxyl groups excluding tert-OH is 1. The second-order valence-electron chi connectivity index (χ2n) is 8.40. The fourth-order valence-electron chi connectivity index (χ4n) is 3.48. The number of nitrogens with zero attached hydrogens (tertiary/aromatic N) is 1. The largest absolute Gasteiger partial charge is 0.396 e. The topological polar surface area (TPSA) is 45.4 Å². The summed E-state index contributed by atoms with van der Waals surface area (Å²) in [4.78, 5) is 1.29. The summed E-state index contributed by atoms with van der Waals surface area (Å²) in [6, 6.07) is 8.95. The van der Waals surface area contributed by atoms with Gasteiger partial charge in [0.15, 0.2) is 0 Å². The Bertz CT molecular complexity index is 618. The molecule has 1 unspecified atom stereocenters. The van der Waals surface area contributed by atoms with Gasteiger partial charge in [-0.15, -0.1) is 0 Å². The first-order valence-corrected chi connectivity index (χ1v) is 9.70. The van der Waals surface area contributed by atoms with E-state index in [1.165, 1.54) is 21.9 Å². The van der Waals surface area contributed by atoms with Crippen LogP contribution in [0.4, 0.5) is 0 Å². The zero-order chi connectivity index (χ0) is 17.4. The van der Waals surface area contributed by atoms with Gasteiger partial charge in [0.25, 0.3) is 0 Å². The van der Waals surface area contributed by atoms with Crippen molar-refractivity contribution in [3.63, 3.8) is 0 Å². The Morgan fingerprint density at radius 3 is 2.46 bits per heavy atom. The summed E-state index contributed by atoms with van der Waals surface area (Å²) in [5, 5.41) is 13.3. The average Bonchev–Trinajstić information content (AvgIpc) is 3.22. The number of piperidine rings is 1. The molecule has 1 aromatic rings. The van der Waals surface area contributed by atoms with Crippen molar-refractivity contribution in [1.29, 1.82) is 0 Å². The van der Waals surface area contributed by atoms with Crippen molar-refractivity contribution in [1.82, 2.24) is 9.62 Å². The first kappa shape index (κ1) is 17.8. The number of nitrogens with one attached hydrogen (secondary N) is 1. The van der Waals surface area contributed by atoms with E-state index in [9.17, 15) is 5.11 Å². The smallest absolute Gasteiger partial charge is 0.0503 e. The van der Waals surface area contributed by atoms with Gasteiger partial charge in [-0.2, -0.15) is 0 Å². The second-order valence-corrected chi connectivity index (χ2v) is 9.57. The van der Waals surface area contributed by atoms with Crippen LogP contribution >= 0.6 is 11.9 Å². The van der Waals surface area contributed by atoms with Gasteiger partial charge >= 0.3 is 0 Å². The minimum atomic E-state index is 0.0106. The van der Waals surface area contributed by atoms with Crippen LogP contribution in [0.1, 0.15) is 52.5 Å². The molecule has 3 nitrogen and oxygen atoms in total. The zero-order valence-corrected chi connectivity index (χ0v) is 16.2. The predicted molar refractivity (Wildman–Crippen MR) is 102 cm³/mol. The molecule has 0 spiro atoms. The number of hydrogen-bond acceptors (Lipinski definition) is 4. The lowest BCUT2D eigenvalue weighted by Gasteiger charge is -2.40. The molecule has 24 heavy (non-hydrogen) atoms. The molecule has 1 atom stereocenters. The normalized spacial score (nSPS) is 24.9. The van der Waals surface area contributed by atoms with Crippen LogP contribution in [0.3, 0.4) is 0 Å². The van der Waals surface area contributed by atoms with Crippen LogP contribution in [0.15, 0.2) is 40.6 Å². The molecule has 2 aliphatic heterocycles. The summed E-state index contributed by atoms with van der Waals surface area (Å²) in [5.41, 5.74) is 4.22. The fourth-order valence-corrected chi connectivity index (χ4v) is 4.60. The Labute approximate surface area is 150 Å². The van der Waals surface area contributed by atoms with E-state index < -0.39 is 0 Å². The van der Waals surface area contributed by atoms with Crippen LogP contribution in [-0.4, -0.2) is 29.1 Å². The number of benzene rings is 1. The standard InChI is InChI=1S/C20H30N2OS/c1-15-18(21-15)12-20(14-23)10-5-11-22(13-20)24-17-8-6-16(7-9-17)19(2,3)4/h6-9,21,23H,5,10-14H2,1-4H3. The number of aliphatic hydroxyl groups is 1. The molecule has 0 aromatic heterocycles. The summed E-state index contributed by atoms with van der Waals surface area (Å²) in [6.07, 6.45) is 3.25. The summed E-state index contributed by atoms with van der Waals surface area (Å²) < 4.78 is 2.43. The van der Waals surface area contributed by atoms with Crippen molar-refractivity contribution < 1.29 is 5.11 Å². The Hall–Kier alpha value is -0.970. The van der Waals surface area contributed by atoms with Gasteiger partial charge < -0.3 is 10.4 Å². The SMILES string of the molecule is CC1=C(CC2(CO)CCCN(Sc3ccc(C(C)(C)C)cc3)C2)N1. The van der Waals surface area contributed by atoms with E-state index in [2.05, 4.69) is 61.6 Å². The number of hydrogen-bond donors (Lipinski definition) is 2. The molecule has 1 fully saturated rings. The Kier molecular flexibility index (Phi) is 5.01. The molecule has 0 amide bonds. The fraction of sp³-hybridized carbons (Fsp3) is 0.600. The summed E-state index contributed by atoms with van der Waals surface area (Å²) in [7, 11) is 0. The lowest BCUT2D eigenvalue weighted by molar-refractivity contribution is 0.0686. The molecule has 3 rings (SSSR count). The van der Waals surface area contributed by atoms with Crippen molar-refractivity contribution in [3.05, 3.63) is 41.2 Å². The van der Waals surface area contributed by atoms with E-state index in [0.717, 1.165) is 32.4 Å². The molecular weight excluding hydrogens is 316 g/mol. The van der Waals surface area contributed by atoms with Gasteiger partial charge in [-0.25, -0.2) is 4.31 Å². The first-order valence-electron chi connectivity index (χ1n) is 8.92. The predicted octanol–water partition coefficient (Wildman–Crippen LogP) is 4.29. The minimum Gasteiger partial charge on any atom is -0.396 e. The highest BCUT2D eigenvalue weighted by atomic mass is 32.2. The summed E-state index contributed by atoms with van der Waals surface area (Å²) in [6.45, 7) is 11.2. The zero-order valence-electron chi connectivity index (χ0n) is 15.4. The van der Waals surface area contributed by atoms with Crippen molar-refractivity contribution >= 4 is 11.9 Å². The summed E-state index contributed by atoms with van der Waals surface area (Å²) >= 11 is 1.84. The third-order valence-electron chi connectivity index (χ3n) is 5.20.